The number of alkyl halides is 2. The van der Waals surface area contributed by atoms with E-state index in [1.807, 2.05) is 0 Å². The van der Waals surface area contributed by atoms with Gasteiger partial charge in [0.2, 0.25) is 6.43 Å². The van der Waals surface area contributed by atoms with Crippen LogP contribution in [0.1, 0.15) is 32.3 Å². The number of nitrogens with one attached hydrogen (secondary N) is 1. The minimum atomic E-state index is -2.69. The zero-order valence-electron chi connectivity index (χ0n) is 13.5. The lowest BCUT2D eigenvalue weighted by Gasteiger charge is -2.21. The smallest absolute Gasteiger partial charge is 0.412 e. The first-order chi connectivity index (χ1) is 10.6. The van der Waals surface area contributed by atoms with E-state index in [1.54, 1.807) is 20.8 Å². The number of hydrogen-bond acceptors (Lipinski definition) is 5. The number of carbonyl (C=O) groups is 1. The van der Waals surface area contributed by atoms with Crippen LogP contribution >= 0.6 is 0 Å². The van der Waals surface area contributed by atoms with E-state index in [-0.39, 0.29) is 29.3 Å². The highest BCUT2D eigenvalue weighted by Crippen LogP contribution is 2.38. The predicted octanol–water partition coefficient (Wildman–Crippen LogP) is 3.06. The Hall–Kier alpha value is -2.09. The van der Waals surface area contributed by atoms with Gasteiger partial charge >= 0.3 is 6.09 Å². The van der Waals surface area contributed by atoms with Crippen molar-refractivity contribution in [1.29, 1.82) is 0 Å². The Morgan fingerprint density at radius 3 is 2.43 bits per heavy atom. The number of methoxy groups -OCH3 is 1. The van der Waals surface area contributed by atoms with Gasteiger partial charge in [-0.15, -0.1) is 0 Å². The molecule has 0 bridgehead atoms. The third-order valence-electron chi connectivity index (χ3n) is 2.94. The van der Waals surface area contributed by atoms with E-state index in [0.717, 1.165) is 0 Å². The first kappa shape index (κ1) is 19.0. The number of halogens is 2. The first-order valence-corrected chi connectivity index (χ1v) is 6.98. The molecule has 4 N–H and O–H groups in total. The summed E-state index contributed by atoms with van der Waals surface area (Å²) in [6, 6.07) is 2.49. The fourth-order valence-corrected chi connectivity index (χ4v) is 1.89. The van der Waals surface area contributed by atoms with Gasteiger partial charge in [0.05, 0.1) is 18.7 Å². The lowest BCUT2D eigenvalue weighted by atomic mass is 9.98. The first-order valence-electron chi connectivity index (χ1n) is 6.98. The van der Waals surface area contributed by atoms with Crippen LogP contribution in [0, 0.1) is 0 Å². The van der Waals surface area contributed by atoms with Gasteiger partial charge in [-0.1, -0.05) is 0 Å². The average Bonchev–Trinajstić information content (AvgIpc) is 2.40. The van der Waals surface area contributed by atoms with Crippen LogP contribution in [0.2, 0.25) is 0 Å². The molecule has 0 aromatic heterocycles. The number of rotatable bonds is 5. The van der Waals surface area contributed by atoms with Gasteiger partial charge in [0.25, 0.3) is 0 Å². The number of hydrogen-bond donors (Lipinski definition) is 3. The summed E-state index contributed by atoms with van der Waals surface area (Å²) in [5.74, 6) is -1.68. The Labute approximate surface area is 133 Å². The number of anilines is 1. The number of benzene rings is 1. The molecule has 0 heterocycles. The number of amides is 1. The van der Waals surface area contributed by atoms with Crippen LogP contribution in [-0.4, -0.2) is 36.9 Å². The molecule has 1 unspecified atom stereocenters. The Bertz CT molecular complexity index is 559. The van der Waals surface area contributed by atoms with E-state index in [4.69, 9.17) is 15.2 Å². The zero-order chi connectivity index (χ0) is 17.8. The molecule has 0 radical (unpaired) electrons. The molecule has 1 atom stereocenters. The summed E-state index contributed by atoms with van der Waals surface area (Å²) in [5, 5.41) is 12.4. The average molecular weight is 332 g/mol. The second kappa shape index (κ2) is 7.45. The van der Waals surface area contributed by atoms with Crippen LogP contribution in [0.5, 0.6) is 11.5 Å². The summed E-state index contributed by atoms with van der Waals surface area (Å²) in [5.41, 5.74) is 4.68. The summed E-state index contributed by atoms with van der Waals surface area (Å²) in [6.07, 6.45) is -3.52. The van der Waals surface area contributed by atoms with Crippen LogP contribution in [0.3, 0.4) is 0 Å². The molecule has 0 saturated heterocycles. The van der Waals surface area contributed by atoms with E-state index < -0.39 is 24.0 Å². The fourth-order valence-electron chi connectivity index (χ4n) is 1.89. The van der Waals surface area contributed by atoms with Gasteiger partial charge in [-0.2, -0.15) is 0 Å². The minimum Gasteiger partial charge on any atom is -0.503 e. The van der Waals surface area contributed by atoms with Crippen LogP contribution in [0.4, 0.5) is 19.3 Å². The standard InChI is InChI=1S/C15H22F2N2O4/c1-15(2,3)23-14(21)19-10-5-8(9(7-18)13(16)17)6-11(22-4)12(10)20/h5-6,9,13,20H,7,18H2,1-4H3,(H,19,21). The normalized spacial score (nSPS) is 12.9. The molecule has 1 amide bonds. The number of phenols is 1. The van der Waals surface area contributed by atoms with Crippen molar-refractivity contribution in [3.63, 3.8) is 0 Å². The maximum absolute atomic E-state index is 13.0. The van der Waals surface area contributed by atoms with Gasteiger partial charge in [0.1, 0.15) is 5.60 Å². The molecule has 1 aromatic rings. The van der Waals surface area contributed by atoms with Crippen molar-refractivity contribution >= 4 is 11.8 Å². The predicted molar refractivity (Wildman–Crippen MR) is 82.3 cm³/mol. The molecule has 0 aliphatic heterocycles. The van der Waals surface area contributed by atoms with Crippen molar-refractivity contribution in [2.45, 2.75) is 38.7 Å². The summed E-state index contributed by atoms with van der Waals surface area (Å²) < 4.78 is 36.1. The quantitative estimate of drug-likeness (QED) is 0.721. The van der Waals surface area contributed by atoms with Gasteiger partial charge in [0.15, 0.2) is 11.5 Å². The molecule has 1 aromatic carbocycles. The highest BCUT2D eigenvalue weighted by atomic mass is 19.3. The number of carbonyl (C=O) groups excluding carboxylic acids is 1. The molecule has 130 valence electrons. The lowest BCUT2D eigenvalue weighted by molar-refractivity contribution is 0.0635. The number of aromatic hydroxyl groups is 1. The van der Waals surface area contributed by atoms with Crippen LogP contribution in [0.15, 0.2) is 12.1 Å². The van der Waals surface area contributed by atoms with Crippen molar-refractivity contribution < 1.29 is 28.2 Å². The summed E-state index contributed by atoms with van der Waals surface area (Å²) >= 11 is 0. The van der Waals surface area contributed by atoms with Gasteiger partial charge in [-0.25, -0.2) is 13.6 Å². The summed E-state index contributed by atoms with van der Waals surface area (Å²) in [7, 11) is 1.27. The highest BCUT2D eigenvalue weighted by Gasteiger charge is 2.25. The van der Waals surface area contributed by atoms with Crippen molar-refractivity contribution in [2.24, 2.45) is 5.73 Å². The molecule has 23 heavy (non-hydrogen) atoms. The van der Waals surface area contributed by atoms with E-state index in [9.17, 15) is 18.7 Å². The topological polar surface area (TPSA) is 93.8 Å². The number of ether oxygens (including phenoxy) is 2. The summed E-state index contributed by atoms with van der Waals surface area (Å²) in [6.45, 7) is 4.72. The number of phenolic OH excluding ortho intramolecular Hbond substituents is 1. The third kappa shape index (κ3) is 5.24. The largest absolute Gasteiger partial charge is 0.503 e. The Balaban J connectivity index is 3.18. The Morgan fingerprint density at radius 2 is 2.00 bits per heavy atom. The molecule has 0 saturated carbocycles. The molecule has 8 heteroatoms. The van der Waals surface area contributed by atoms with Crippen molar-refractivity contribution in [1.82, 2.24) is 0 Å². The molecule has 1 rings (SSSR count). The summed E-state index contributed by atoms with van der Waals surface area (Å²) in [4.78, 5) is 11.8. The molecule has 0 fully saturated rings. The van der Waals surface area contributed by atoms with Gasteiger partial charge < -0.3 is 20.3 Å². The maximum Gasteiger partial charge on any atom is 0.412 e. The highest BCUT2D eigenvalue weighted by molar-refractivity contribution is 5.88. The molecule has 6 nitrogen and oxygen atoms in total. The van der Waals surface area contributed by atoms with Crippen LogP contribution < -0.4 is 15.8 Å². The van der Waals surface area contributed by atoms with Crippen molar-refractivity contribution in [3.8, 4) is 11.5 Å². The number of nitrogens with two attached hydrogens (primary N) is 1. The van der Waals surface area contributed by atoms with E-state index in [2.05, 4.69) is 5.32 Å². The minimum absolute atomic E-state index is 0.0485. The molecule has 0 aliphatic rings. The molecule has 0 spiro atoms. The fraction of sp³-hybridized carbons (Fsp3) is 0.533. The molecule has 0 aliphatic carbocycles. The SMILES string of the molecule is COc1cc(C(CN)C(F)F)cc(NC(=O)OC(C)(C)C)c1O. The van der Waals surface area contributed by atoms with E-state index in [1.165, 1.54) is 19.2 Å². The lowest BCUT2D eigenvalue weighted by Crippen LogP contribution is -2.27. The van der Waals surface area contributed by atoms with Gasteiger partial charge in [0, 0.05) is 6.54 Å². The van der Waals surface area contributed by atoms with Crippen molar-refractivity contribution in [3.05, 3.63) is 17.7 Å². The van der Waals surface area contributed by atoms with Gasteiger partial charge in [-0.05, 0) is 38.5 Å². The van der Waals surface area contributed by atoms with Crippen LogP contribution in [-0.2, 0) is 4.74 Å². The Morgan fingerprint density at radius 1 is 1.39 bits per heavy atom. The van der Waals surface area contributed by atoms with E-state index >= 15 is 0 Å². The van der Waals surface area contributed by atoms with Crippen molar-refractivity contribution in [2.75, 3.05) is 19.0 Å². The van der Waals surface area contributed by atoms with Gasteiger partial charge in [-0.3, -0.25) is 5.32 Å². The zero-order valence-corrected chi connectivity index (χ0v) is 13.5. The third-order valence-corrected chi connectivity index (χ3v) is 2.94. The Kier molecular flexibility index (Phi) is 6.14. The second-order valence-electron chi connectivity index (χ2n) is 5.92. The molecular formula is C15H22F2N2O4. The van der Waals surface area contributed by atoms with Crippen LogP contribution in [0.25, 0.3) is 0 Å². The second-order valence-corrected chi connectivity index (χ2v) is 5.92. The monoisotopic (exact) mass is 332 g/mol. The maximum atomic E-state index is 13.0. The van der Waals surface area contributed by atoms with E-state index in [0.29, 0.717) is 0 Å². The molecular weight excluding hydrogens is 310 g/mol.